The lowest BCUT2D eigenvalue weighted by Crippen LogP contribution is -2.31. The van der Waals surface area contributed by atoms with Gasteiger partial charge < -0.3 is 19.7 Å². The average molecular weight is 635 g/mol. The molecule has 2 amide bonds. The zero-order chi connectivity index (χ0) is 32.9. The van der Waals surface area contributed by atoms with Crippen LogP contribution in [0.2, 0.25) is 0 Å². The van der Waals surface area contributed by atoms with Gasteiger partial charge in [0, 0.05) is 47.9 Å². The van der Waals surface area contributed by atoms with Gasteiger partial charge in [-0.05, 0) is 76.3 Å². The zero-order valence-corrected chi connectivity index (χ0v) is 28.5. The molecule has 5 rings (SSSR count). The number of hydrogen-bond acceptors (Lipinski definition) is 7. The second-order valence-electron chi connectivity index (χ2n) is 11.9. The number of fused-ring (bicyclic) bond motifs is 1. The summed E-state index contributed by atoms with van der Waals surface area (Å²) in [5.41, 5.74) is 3.73. The normalized spacial score (nSPS) is 17.0. The van der Waals surface area contributed by atoms with E-state index in [4.69, 9.17) is 19.4 Å². The highest BCUT2D eigenvalue weighted by atomic mass is 32.1. The van der Waals surface area contributed by atoms with Gasteiger partial charge in [0.25, 0.3) is 0 Å². The summed E-state index contributed by atoms with van der Waals surface area (Å²) in [6.45, 7) is 16.8. The van der Waals surface area contributed by atoms with Gasteiger partial charge in [0.2, 0.25) is 12.3 Å². The molecule has 9 heteroatoms. The average Bonchev–Trinajstić information content (AvgIpc) is 3.50. The van der Waals surface area contributed by atoms with E-state index in [-0.39, 0.29) is 17.9 Å². The Morgan fingerprint density at radius 3 is 2.53 bits per heavy atom. The van der Waals surface area contributed by atoms with Crippen molar-refractivity contribution in [3.8, 4) is 22.2 Å². The van der Waals surface area contributed by atoms with E-state index in [0.29, 0.717) is 12.0 Å². The molecule has 3 aromatic rings. The number of nitrogens with one attached hydrogen (secondary N) is 1. The van der Waals surface area contributed by atoms with Crippen LogP contribution in [0, 0.1) is 12.8 Å². The van der Waals surface area contributed by atoms with E-state index in [2.05, 4.69) is 44.3 Å². The van der Waals surface area contributed by atoms with Gasteiger partial charge in [0.05, 0.1) is 24.4 Å². The van der Waals surface area contributed by atoms with Gasteiger partial charge in [0.1, 0.15) is 22.2 Å². The summed E-state index contributed by atoms with van der Waals surface area (Å²) in [5, 5.41) is 7.10. The molecular formula is C36H50N4O4S. The number of carbonyl (C=O) groups excluding carboxylic acids is 2. The molecule has 2 heterocycles. The fraction of sp³-hybridized carbons (Fsp3) is 0.500. The molecule has 244 valence electrons. The van der Waals surface area contributed by atoms with Crippen LogP contribution in [0.5, 0.6) is 11.5 Å². The van der Waals surface area contributed by atoms with Crippen LogP contribution in [0.25, 0.3) is 21.6 Å². The molecule has 0 radical (unpaired) electrons. The number of hydrogen-bond donors (Lipinski definition) is 1. The van der Waals surface area contributed by atoms with Crippen LogP contribution in [-0.2, 0) is 9.59 Å². The van der Waals surface area contributed by atoms with E-state index >= 15 is 0 Å². The monoisotopic (exact) mass is 634 g/mol. The first kappa shape index (κ1) is 35.8. The lowest BCUT2D eigenvalue weighted by atomic mass is 10.1. The second kappa shape index (κ2) is 17.7. The van der Waals surface area contributed by atoms with Crippen LogP contribution in [0.4, 0.5) is 0 Å². The first-order valence-corrected chi connectivity index (χ1v) is 16.8. The van der Waals surface area contributed by atoms with Gasteiger partial charge in [-0.2, -0.15) is 0 Å². The molecular weight excluding hydrogens is 584 g/mol. The third kappa shape index (κ3) is 10.1. The highest BCUT2D eigenvalue weighted by molar-refractivity contribution is 7.13. The number of methoxy groups -OCH3 is 1. The molecule has 1 unspecified atom stereocenters. The SMILES string of the molecule is C=C.C=CCCCCN(C)C=O.COc1ccc2c(O[C@H]3CCC(C(=O)NC4CC4)C3)cc(-c3nc(C(C)C)cs3)nc2c1C. The number of carbonyl (C=O) groups is 2. The third-order valence-electron chi connectivity index (χ3n) is 8.02. The number of nitrogens with zero attached hydrogens (tertiary/aromatic N) is 3. The van der Waals surface area contributed by atoms with Gasteiger partial charge in [-0.15, -0.1) is 31.1 Å². The molecule has 2 atom stereocenters. The van der Waals surface area contributed by atoms with Crippen LogP contribution in [-0.4, -0.2) is 60.0 Å². The Morgan fingerprint density at radius 1 is 1.16 bits per heavy atom. The summed E-state index contributed by atoms with van der Waals surface area (Å²) in [6.07, 6.45) is 10.8. The summed E-state index contributed by atoms with van der Waals surface area (Å²) in [4.78, 5) is 34.0. The van der Waals surface area contributed by atoms with Gasteiger partial charge in [-0.3, -0.25) is 9.59 Å². The standard InChI is InChI=1S/C26H31N3O3S.C8H15NO.C2H4/c1-14(2)21-13-33-26(29-21)20-12-23(19-9-10-22(31-4)15(3)24(19)28-20)32-18-8-5-16(11-18)25(30)27-17-6-7-17;1-3-4-5-6-7-9(2)8-10;1-2/h9-10,12-14,16-18H,5-8,11H2,1-4H3,(H,27,30);3,8H,1,4-7H2,2H3;1-2H2/t16?,18-;;/m0../s1. The Kier molecular flexibility index (Phi) is 14.1. The molecule has 0 spiro atoms. The molecule has 1 aromatic carbocycles. The molecule has 2 aromatic heterocycles. The molecule has 2 aliphatic rings. The Morgan fingerprint density at radius 2 is 1.91 bits per heavy atom. The quantitative estimate of drug-likeness (QED) is 0.117. The molecule has 2 aliphatic carbocycles. The van der Waals surface area contributed by atoms with Gasteiger partial charge >= 0.3 is 0 Å². The van der Waals surface area contributed by atoms with Crippen molar-refractivity contribution in [2.45, 2.75) is 90.2 Å². The van der Waals surface area contributed by atoms with Crippen LogP contribution < -0.4 is 14.8 Å². The number of amides is 2. The van der Waals surface area contributed by atoms with E-state index < -0.39 is 0 Å². The van der Waals surface area contributed by atoms with Crippen molar-refractivity contribution in [1.29, 1.82) is 0 Å². The number of allylic oxidation sites excluding steroid dienone is 1. The Bertz CT molecular complexity index is 1420. The minimum Gasteiger partial charge on any atom is -0.496 e. The summed E-state index contributed by atoms with van der Waals surface area (Å²) in [5.74, 6) is 2.20. The van der Waals surface area contributed by atoms with Crippen LogP contribution >= 0.6 is 11.3 Å². The van der Waals surface area contributed by atoms with E-state index in [1.807, 2.05) is 31.2 Å². The first-order chi connectivity index (χ1) is 21.7. The van der Waals surface area contributed by atoms with Crippen molar-refractivity contribution in [3.05, 3.63) is 60.6 Å². The minimum absolute atomic E-state index is 0.0170. The highest BCUT2D eigenvalue weighted by Gasteiger charge is 2.34. The van der Waals surface area contributed by atoms with E-state index in [9.17, 15) is 9.59 Å². The van der Waals surface area contributed by atoms with Crippen LogP contribution in [0.1, 0.15) is 82.4 Å². The first-order valence-electron chi connectivity index (χ1n) is 15.9. The topological polar surface area (TPSA) is 93.7 Å². The number of rotatable bonds is 13. The van der Waals surface area contributed by atoms with Crippen molar-refractivity contribution in [2.75, 3.05) is 20.7 Å². The highest BCUT2D eigenvalue weighted by Crippen LogP contribution is 2.39. The number of aromatic nitrogens is 2. The van der Waals surface area contributed by atoms with Crippen molar-refractivity contribution >= 4 is 34.6 Å². The lowest BCUT2D eigenvalue weighted by Gasteiger charge is -2.18. The molecule has 2 fully saturated rings. The van der Waals surface area contributed by atoms with Crippen molar-refractivity contribution < 1.29 is 19.1 Å². The van der Waals surface area contributed by atoms with E-state index in [1.54, 1.807) is 30.4 Å². The number of unbranched alkanes of at least 4 members (excludes halogenated alkanes) is 2. The van der Waals surface area contributed by atoms with E-state index in [0.717, 1.165) is 109 Å². The van der Waals surface area contributed by atoms with Crippen LogP contribution in [0.3, 0.4) is 0 Å². The van der Waals surface area contributed by atoms with Crippen molar-refractivity contribution in [2.24, 2.45) is 5.92 Å². The maximum atomic E-state index is 12.5. The smallest absolute Gasteiger partial charge is 0.223 e. The van der Waals surface area contributed by atoms with Gasteiger partial charge in [-0.1, -0.05) is 19.9 Å². The molecule has 0 aliphatic heterocycles. The Hall–Kier alpha value is -3.72. The lowest BCUT2D eigenvalue weighted by molar-refractivity contribution is -0.125. The maximum absolute atomic E-state index is 12.5. The molecule has 1 N–H and O–H groups in total. The van der Waals surface area contributed by atoms with Crippen molar-refractivity contribution in [1.82, 2.24) is 20.2 Å². The van der Waals surface area contributed by atoms with E-state index in [1.165, 1.54) is 0 Å². The largest absolute Gasteiger partial charge is 0.496 e. The molecule has 0 saturated heterocycles. The van der Waals surface area contributed by atoms with Gasteiger partial charge in [0.15, 0.2) is 0 Å². The predicted molar refractivity (Wildman–Crippen MR) is 185 cm³/mol. The number of pyridine rings is 1. The zero-order valence-electron chi connectivity index (χ0n) is 27.6. The fourth-order valence-corrected chi connectivity index (χ4v) is 6.13. The van der Waals surface area contributed by atoms with Gasteiger partial charge in [-0.25, -0.2) is 9.97 Å². The third-order valence-corrected chi connectivity index (χ3v) is 8.90. The number of ether oxygens (including phenoxy) is 2. The fourth-order valence-electron chi connectivity index (χ4n) is 5.19. The number of aryl methyl sites for hydroxylation is 1. The summed E-state index contributed by atoms with van der Waals surface area (Å²) in [7, 11) is 3.47. The number of thiazole rings is 1. The Balaban J connectivity index is 0.000000395. The second-order valence-corrected chi connectivity index (χ2v) is 12.8. The van der Waals surface area contributed by atoms with Crippen LogP contribution in [0.15, 0.2) is 49.4 Å². The molecule has 0 bridgehead atoms. The molecule has 2 saturated carbocycles. The summed E-state index contributed by atoms with van der Waals surface area (Å²) in [6, 6.07) is 6.39. The number of benzene rings is 1. The summed E-state index contributed by atoms with van der Waals surface area (Å²) >= 11 is 1.61. The maximum Gasteiger partial charge on any atom is 0.223 e. The van der Waals surface area contributed by atoms with Crippen molar-refractivity contribution in [3.63, 3.8) is 0 Å². The Labute approximate surface area is 272 Å². The summed E-state index contributed by atoms with van der Waals surface area (Å²) < 4.78 is 12.1. The predicted octanol–water partition coefficient (Wildman–Crippen LogP) is 7.86. The molecule has 45 heavy (non-hydrogen) atoms. The molecule has 8 nitrogen and oxygen atoms in total. The minimum atomic E-state index is 0.0170.